The average molecular weight is 515 g/mol. The van der Waals surface area contributed by atoms with Crippen LogP contribution in [0.1, 0.15) is 44.7 Å². The maximum atomic E-state index is 10.7. The van der Waals surface area contributed by atoms with Gasteiger partial charge in [0.25, 0.3) is 0 Å². The molecule has 0 fully saturated rings. The summed E-state index contributed by atoms with van der Waals surface area (Å²) in [6, 6.07) is 8.01. The molecule has 0 aliphatic heterocycles. The highest BCUT2D eigenvalue weighted by Gasteiger charge is 2.24. The van der Waals surface area contributed by atoms with Crippen molar-refractivity contribution in [2.24, 2.45) is 12.0 Å². The van der Waals surface area contributed by atoms with E-state index in [2.05, 4.69) is 27.6 Å². The molecule has 0 aliphatic carbocycles. The van der Waals surface area contributed by atoms with Crippen LogP contribution in [0.25, 0.3) is 0 Å². The number of rotatable bonds is 10. The molecule has 1 atom stereocenters. The summed E-state index contributed by atoms with van der Waals surface area (Å²) in [5.74, 6) is 1.53. The van der Waals surface area contributed by atoms with Gasteiger partial charge in [-0.1, -0.05) is 25.5 Å². The van der Waals surface area contributed by atoms with Crippen molar-refractivity contribution in [3.63, 3.8) is 0 Å². The molecular weight excluding hydrogens is 481 g/mol. The molecule has 0 spiro atoms. The van der Waals surface area contributed by atoms with Crippen LogP contribution in [0.5, 0.6) is 5.75 Å². The highest BCUT2D eigenvalue weighted by Crippen LogP contribution is 2.18. The van der Waals surface area contributed by atoms with Gasteiger partial charge in [-0.15, -0.1) is 24.0 Å². The lowest BCUT2D eigenvalue weighted by Crippen LogP contribution is -2.44. The van der Waals surface area contributed by atoms with Crippen LogP contribution in [0, 0.1) is 0 Å². The van der Waals surface area contributed by atoms with Gasteiger partial charge in [-0.05, 0) is 38.0 Å². The summed E-state index contributed by atoms with van der Waals surface area (Å²) in [6.45, 7) is 8.24. The van der Waals surface area contributed by atoms with Crippen molar-refractivity contribution in [3.05, 3.63) is 47.8 Å². The Bertz CT molecular complexity index is 761. The van der Waals surface area contributed by atoms with E-state index in [1.807, 2.05) is 44.4 Å². The van der Waals surface area contributed by atoms with Gasteiger partial charge in [0.15, 0.2) is 5.96 Å². The first-order valence-electron chi connectivity index (χ1n) is 9.90. The second-order valence-electron chi connectivity index (χ2n) is 7.07. The SMILES string of the molecule is CCCCOc1cccc(CN=C(NCC)NCC(C)(O)c2cnn(C)c2)c1.I. The summed E-state index contributed by atoms with van der Waals surface area (Å²) in [5, 5.41) is 21.3. The molecule has 0 bridgehead atoms. The maximum Gasteiger partial charge on any atom is 0.191 e. The molecule has 7 nitrogen and oxygen atoms in total. The summed E-state index contributed by atoms with van der Waals surface area (Å²) in [5.41, 5.74) is 0.790. The minimum absolute atomic E-state index is 0. The van der Waals surface area contributed by atoms with Crippen molar-refractivity contribution in [3.8, 4) is 5.75 Å². The smallest absolute Gasteiger partial charge is 0.191 e. The van der Waals surface area contributed by atoms with Crippen LogP contribution >= 0.6 is 24.0 Å². The summed E-state index contributed by atoms with van der Waals surface area (Å²) in [4.78, 5) is 4.63. The van der Waals surface area contributed by atoms with E-state index < -0.39 is 5.60 Å². The first kappa shape index (κ1) is 25.2. The molecule has 1 aromatic heterocycles. The number of benzene rings is 1. The molecule has 29 heavy (non-hydrogen) atoms. The van der Waals surface area contributed by atoms with E-state index in [0.29, 0.717) is 19.0 Å². The number of aromatic nitrogens is 2. The normalized spacial score (nSPS) is 13.3. The minimum atomic E-state index is -1.04. The number of nitrogens with zero attached hydrogens (tertiary/aromatic N) is 3. The third-order valence-electron chi connectivity index (χ3n) is 4.36. The number of aliphatic imine (C=N–C) groups is 1. The zero-order valence-electron chi connectivity index (χ0n) is 17.8. The highest BCUT2D eigenvalue weighted by atomic mass is 127. The first-order chi connectivity index (χ1) is 13.4. The van der Waals surface area contributed by atoms with Gasteiger partial charge >= 0.3 is 0 Å². The van der Waals surface area contributed by atoms with Gasteiger partial charge in [0.05, 0.1) is 25.9 Å². The predicted molar refractivity (Wildman–Crippen MR) is 128 cm³/mol. The fraction of sp³-hybridized carbons (Fsp3) is 0.524. The average Bonchev–Trinajstić information content (AvgIpc) is 3.12. The minimum Gasteiger partial charge on any atom is -0.494 e. The lowest BCUT2D eigenvalue weighted by molar-refractivity contribution is 0.0616. The Kier molecular flexibility index (Phi) is 11.0. The van der Waals surface area contributed by atoms with Crippen LogP contribution in [0.3, 0.4) is 0 Å². The fourth-order valence-corrected chi connectivity index (χ4v) is 2.64. The van der Waals surface area contributed by atoms with E-state index in [-0.39, 0.29) is 24.0 Å². The molecule has 8 heteroatoms. The second kappa shape index (κ2) is 12.7. The van der Waals surface area contributed by atoms with Crippen molar-refractivity contribution in [1.29, 1.82) is 0 Å². The number of aryl methyl sites for hydroxylation is 1. The molecule has 1 unspecified atom stereocenters. The number of unbranched alkanes of at least 4 members (excludes halogenated alkanes) is 1. The highest BCUT2D eigenvalue weighted by molar-refractivity contribution is 14.0. The molecule has 1 aromatic carbocycles. The second-order valence-corrected chi connectivity index (χ2v) is 7.07. The van der Waals surface area contributed by atoms with Gasteiger partial charge in [0.1, 0.15) is 11.4 Å². The third-order valence-corrected chi connectivity index (χ3v) is 4.36. The zero-order chi connectivity index (χ0) is 20.4. The first-order valence-corrected chi connectivity index (χ1v) is 9.90. The van der Waals surface area contributed by atoms with Gasteiger partial charge in [-0.25, -0.2) is 4.99 Å². The van der Waals surface area contributed by atoms with Crippen LogP contribution in [0.2, 0.25) is 0 Å². The number of guanidine groups is 1. The van der Waals surface area contributed by atoms with Crippen molar-refractivity contribution in [1.82, 2.24) is 20.4 Å². The van der Waals surface area contributed by atoms with Crippen molar-refractivity contribution in [2.45, 2.75) is 45.8 Å². The topological polar surface area (TPSA) is 83.7 Å². The van der Waals surface area contributed by atoms with Crippen molar-refractivity contribution in [2.75, 3.05) is 19.7 Å². The quantitative estimate of drug-likeness (QED) is 0.196. The van der Waals surface area contributed by atoms with Gasteiger partial charge in [-0.3, -0.25) is 4.68 Å². The number of aliphatic hydroxyl groups is 1. The molecule has 162 valence electrons. The molecule has 0 aliphatic rings. The van der Waals surface area contributed by atoms with Gasteiger partial charge < -0.3 is 20.5 Å². The molecule has 0 saturated carbocycles. The van der Waals surface area contributed by atoms with E-state index in [4.69, 9.17) is 4.74 Å². The van der Waals surface area contributed by atoms with E-state index in [0.717, 1.165) is 42.9 Å². The summed E-state index contributed by atoms with van der Waals surface area (Å²) in [6.07, 6.45) is 5.66. The molecule has 0 radical (unpaired) electrons. The van der Waals surface area contributed by atoms with E-state index in [1.54, 1.807) is 17.8 Å². The van der Waals surface area contributed by atoms with E-state index >= 15 is 0 Å². The van der Waals surface area contributed by atoms with Gasteiger partial charge in [0, 0.05) is 25.4 Å². The number of halogens is 1. The van der Waals surface area contributed by atoms with Crippen LogP contribution in [-0.4, -0.2) is 40.5 Å². The Morgan fingerprint density at radius 2 is 2.10 bits per heavy atom. The van der Waals surface area contributed by atoms with E-state index in [1.165, 1.54) is 0 Å². The van der Waals surface area contributed by atoms with E-state index in [9.17, 15) is 5.11 Å². The zero-order valence-corrected chi connectivity index (χ0v) is 20.1. The number of nitrogens with one attached hydrogen (secondary N) is 2. The Hall–Kier alpha value is -1.81. The lowest BCUT2D eigenvalue weighted by atomic mass is 10.00. The van der Waals surface area contributed by atoms with Crippen LogP contribution in [0.15, 0.2) is 41.7 Å². The molecule has 1 heterocycles. The Balaban J connectivity index is 0.00000420. The fourth-order valence-electron chi connectivity index (χ4n) is 2.64. The van der Waals surface area contributed by atoms with Crippen molar-refractivity contribution >= 4 is 29.9 Å². The van der Waals surface area contributed by atoms with Gasteiger partial charge in [-0.2, -0.15) is 5.10 Å². The molecule has 2 rings (SSSR count). The summed E-state index contributed by atoms with van der Waals surface area (Å²) in [7, 11) is 1.83. The number of hydrogen-bond donors (Lipinski definition) is 3. The summed E-state index contributed by atoms with van der Waals surface area (Å²) < 4.78 is 7.44. The molecule has 3 N–H and O–H groups in total. The van der Waals surface area contributed by atoms with Gasteiger partial charge in [0.2, 0.25) is 0 Å². The molecule has 0 saturated heterocycles. The third kappa shape index (κ3) is 8.61. The largest absolute Gasteiger partial charge is 0.494 e. The Morgan fingerprint density at radius 1 is 1.31 bits per heavy atom. The maximum absolute atomic E-state index is 10.7. The molecular formula is C21H34IN5O2. The monoisotopic (exact) mass is 515 g/mol. The van der Waals surface area contributed by atoms with Crippen molar-refractivity contribution < 1.29 is 9.84 Å². The Labute approximate surface area is 191 Å². The van der Waals surface area contributed by atoms with Crippen LogP contribution in [-0.2, 0) is 19.2 Å². The van der Waals surface area contributed by atoms with Crippen LogP contribution in [0.4, 0.5) is 0 Å². The molecule has 2 aromatic rings. The summed E-state index contributed by atoms with van der Waals surface area (Å²) >= 11 is 0. The number of hydrogen-bond acceptors (Lipinski definition) is 4. The van der Waals surface area contributed by atoms with Crippen LogP contribution < -0.4 is 15.4 Å². The predicted octanol–water partition coefficient (Wildman–Crippen LogP) is 3.18. The lowest BCUT2D eigenvalue weighted by Gasteiger charge is -2.23. The standard InChI is InChI=1S/C21H33N5O2.HI/c1-5-7-11-28-19-10-8-9-17(12-19)13-23-20(22-6-2)24-16-21(3,27)18-14-25-26(4)15-18;/h8-10,12,14-15,27H,5-7,11,13,16H2,1-4H3,(H2,22,23,24);1H. The molecule has 0 amide bonds. The number of ether oxygens (including phenoxy) is 1. The Morgan fingerprint density at radius 3 is 2.76 bits per heavy atom.